The van der Waals surface area contributed by atoms with Gasteiger partial charge in [0.1, 0.15) is 12.8 Å². The van der Waals surface area contributed by atoms with Gasteiger partial charge in [0.25, 0.3) is 0 Å². The molecule has 7 nitrogen and oxygen atoms in total. The van der Waals surface area contributed by atoms with Crippen molar-refractivity contribution in [1.29, 1.82) is 0 Å². The van der Waals surface area contributed by atoms with Gasteiger partial charge in [-0.2, -0.15) is 0 Å². The van der Waals surface area contributed by atoms with E-state index in [9.17, 15) is 9.59 Å². The lowest BCUT2D eigenvalue weighted by atomic mass is 9.70. The van der Waals surface area contributed by atoms with E-state index in [1.54, 1.807) is 12.3 Å². The van der Waals surface area contributed by atoms with E-state index in [4.69, 9.17) is 9.57 Å². The fourth-order valence-electron chi connectivity index (χ4n) is 3.63. The summed E-state index contributed by atoms with van der Waals surface area (Å²) >= 11 is 1.20. The van der Waals surface area contributed by atoms with E-state index in [-0.39, 0.29) is 29.8 Å². The van der Waals surface area contributed by atoms with E-state index >= 15 is 0 Å². The number of hydrogen-bond acceptors (Lipinski definition) is 7. The van der Waals surface area contributed by atoms with Gasteiger partial charge in [-0.3, -0.25) is 4.79 Å². The van der Waals surface area contributed by atoms with Crippen molar-refractivity contribution in [3.05, 3.63) is 82.9 Å². The SMILES string of the molecule is CCOC(=O)C(=NOC)c1csc(NC(=O)C(C)(C)C(c2ccccc2)c2ccccc2)n1. The van der Waals surface area contributed by atoms with Crippen LogP contribution in [-0.4, -0.2) is 36.3 Å². The Kier molecular flexibility index (Phi) is 7.95. The second kappa shape index (κ2) is 10.9. The van der Waals surface area contributed by atoms with Crippen LogP contribution in [0.5, 0.6) is 0 Å². The molecule has 0 aliphatic heterocycles. The molecule has 1 heterocycles. The quantitative estimate of drug-likeness (QED) is 0.277. The van der Waals surface area contributed by atoms with Crippen molar-refractivity contribution in [3.8, 4) is 0 Å². The molecular weight excluding hydrogens is 438 g/mol. The fraction of sp³-hybridized carbons (Fsp3) is 0.280. The van der Waals surface area contributed by atoms with Gasteiger partial charge in [-0.15, -0.1) is 11.3 Å². The monoisotopic (exact) mass is 465 g/mol. The summed E-state index contributed by atoms with van der Waals surface area (Å²) < 4.78 is 5.01. The summed E-state index contributed by atoms with van der Waals surface area (Å²) in [6, 6.07) is 19.9. The average molecular weight is 466 g/mol. The normalized spacial score (nSPS) is 11.8. The number of nitrogens with one attached hydrogen (secondary N) is 1. The summed E-state index contributed by atoms with van der Waals surface area (Å²) in [4.78, 5) is 34.8. The van der Waals surface area contributed by atoms with Crippen molar-refractivity contribution in [2.24, 2.45) is 10.6 Å². The van der Waals surface area contributed by atoms with Gasteiger partial charge >= 0.3 is 5.97 Å². The maximum absolute atomic E-state index is 13.5. The van der Waals surface area contributed by atoms with Crippen LogP contribution in [0.4, 0.5) is 5.13 Å². The van der Waals surface area contributed by atoms with Crippen LogP contribution in [0.15, 0.2) is 71.2 Å². The number of nitrogens with zero attached hydrogens (tertiary/aromatic N) is 2. The number of ether oxygens (including phenoxy) is 1. The highest BCUT2D eigenvalue weighted by Gasteiger charge is 2.39. The third-order valence-corrected chi connectivity index (χ3v) is 5.95. The first kappa shape index (κ1) is 24.1. The molecule has 0 aliphatic carbocycles. The summed E-state index contributed by atoms with van der Waals surface area (Å²) in [5, 5.41) is 8.63. The number of hydrogen-bond donors (Lipinski definition) is 1. The Morgan fingerprint density at radius 1 is 1.06 bits per heavy atom. The topological polar surface area (TPSA) is 89.9 Å². The van der Waals surface area contributed by atoms with Gasteiger partial charge in [-0.1, -0.05) is 79.7 Å². The summed E-state index contributed by atoms with van der Waals surface area (Å²) in [6.45, 7) is 5.73. The first-order valence-corrected chi connectivity index (χ1v) is 11.4. The molecule has 3 rings (SSSR count). The number of carbonyl (C=O) groups is 2. The predicted molar refractivity (Wildman–Crippen MR) is 129 cm³/mol. The minimum absolute atomic E-state index is 0.0539. The number of thiazole rings is 1. The van der Waals surface area contributed by atoms with Crippen LogP contribution in [0.3, 0.4) is 0 Å². The zero-order valence-electron chi connectivity index (χ0n) is 19.1. The molecule has 0 unspecified atom stereocenters. The van der Waals surface area contributed by atoms with Crippen LogP contribution in [0.25, 0.3) is 0 Å². The second-order valence-corrected chi connectivity index (χ2v) is 8.67. The molecule has 0 aliphatic rings. The number of carbonyl (C=O) groups excluding carboxylic acids is 2. The van der Waals surface area contributed by atoms with Gasteiger partial charge in [-0.25, -0.2) is 9.78 Å². The Balaban J connectivity index is 1.88. The van der Waals surface area contributed by atoms with Gasteiger partial charge in [0.2, 0.25) is 11.6 Å². The molecule has 0 bridgehead atoms. The molecule has 1 amide bonds. The fourth-order valence-corrected chi connectivity index (χ4v) is 4.32. The molecule has 0 fully saturated rings. The van der Waals surface area contributed by atoms with Crippen molar-refractivity contribution in [3.63, 3.8) is 0 Å². The standard InChI is InChI=1S/C25H27N3O4S/c1-5-32-22(29)21(28-31-4)19-16-33-24(26-19)27-23(30)25(2,3)20(17-12-8-6-9-13-17)18-14-10-7-11-15-18/h6-16,20H,5H2,1-4H3,(H,26,27,30). The average Bonchev–Trinajstić information content (AvgIpc) is 3.27. The minimum Gasteiger partial charge on any atom is -0.461 e. The highest BCUT2D eigenvalue weighted by molar-refractivity contribution is 7.14. The maximum Gasteiger partial charge on any atom is 0.362 e. The Hall–Kier alpha value is -3.52. The Labute approximate surface area is 197 Å². The van der Waals surface area contributed by atoms with Crippen molar-refractivity contribution in [1.82, 2.24) is 4.98 Å². The maximum atomic E-state index is 13.5. The zero-order valence-corrected chi connectivity index (χ0v) is 19.9. The molecule has 0 radical (unpaired) electrons. The van der Waals surface area contributed by atoms with Gasteiger partial charge in [0.15, 0.2) is 5.13 Å². The number of anilines is 1. The molecule has 8 heteroatoms. The lowest BCUT2D eigenvalue weighted by Crippen LogP contribution is -2.37. The summed E-state index contributed by atoms with van der Waals surface area (Å²) in [7, 11) is 1.34. The number of oxime groups is 1. The van der Waals surface area contributed by atoms with E-state index in [1.165, 1.54) is 18.4 Å². The third-order valence-electron chi connectivity index (χ3n) is 5.19. The van der Waals surface area contributed by atoms with E-state index in [0.717, 1.165) is 11.1 Å². The Morgan fingerprint density at radius 2 is 1.64 bits per heavy atom. The first-order valence-electron chi connectivity index (χ1n) is 10.5. The number of amides is 1. The molecule has 172 valence electrons. The number of esters is 1. The molecular formula is C25H27N3O4S. The van der Waals surface area contributed by atoms with E-state index in [2.05, 4.69) is 15.5 Å². The largest absolute Gasteiger partial charge is 0.461 e. The number of rotatable bonds is 9. The zero-order chi connectivity index (χ0) is 23.8. The molecule has 0 saturated heterocycles. The summed E-state index contributed by atoms with van der Waals surface area (Å²) in [5.41, 5.74) is 1.50. The van der Waals surface area contributed by atoms with Gasteiger partial charge in [0.05, 0.1) is 12.0 Å². The lowest BCUT2D eigenvalue weighted by Gasteiger charge is -2.33. The van der Waals surface area contributed by atoms with E-state index in [0.29, 0.717) is 5.13 Å². The molecule has 0 saturated carbocycles. The van der Waals surface area contributed by atoms with Crippen LogP contribution < -0.4 is 5.32 Å². The Bertz CT molecular complexity index is 1070. The van der Waals surface area contributed by atoms with Gasteiger partial charge in [-0.05, 0) is 18.1 Å². The smallest absolute Gasteiger partial charge is 0.362 e. The second-order valence-electron chi connectivity index (χ2n) is 7.81. The highest BCUT2D eigenvalue weighted by atomic mass is 32.1. The predicted octanol–water partition coefficient (Wildman–Crippen LogP) is 4.85. The van der Waals surface area contributed by atoms with Crippen molar-refractivity contribution >= 4 is 34.1 Å². The molecule has 0 spiro atoms. The lowest BCUT2D eigenvalue weighted by molar-refractivity contribution is -0.135. The van der Waals surface area contributed by atoms with Gasteiger partial charge < -0.3 is 14.9 Å². The third kappa shape index (κ3) is 5.64. The van der Waals surface area contributed by atoms with E-state index < -0.39 is 11.4 Å². The molecule has 3 aromatic rings. The molecule has 1 aromatic heterocycles. The van der Waals surface area contributed by atoms with Crippen LogP contribution in [0.1, 0.15) is 43.5 Å². The van der Waals surface area contributed by atoms with Gasteiger partial charge in [0, 0.05) is 11.3 Å². The molecule has 0 atom stereocenters. The minimum atomic E-state index is -0.806. The number of benzene rings is 2. The summed E-state index contributed by atoms with van der Waals surface area (Å²) in [5.74, 6) is -1.01. The first-order chi connectivity index (χ1) is 15.9. The number of aromatic nitrogens is 1. The molecule has 1 N–H and O–H groups in total. The summed E-state index contributed by atoms with van der Waals surface area (Å²) in [6.07, 6.45) is 0. The van der Waals surface area contributed by atoms with Crippen molar-refractivity contribution < 1.29 is 19.2 Å². The van der Waals surface area contributed by atoms with Crippen LogP contribution >= 0.6 is 11.3 Å². The van der Waals surface area contributed by atoms with Crippen molar-refractivity contribution in [2.45, 2.75) is 26.7 Å². The van der Waals surface area contributed by atoms with Crippen LogP contribution in [-0.2, 0) is 19.2 Å². The highest BCUT2D eigenvalue weighted by Crippen LogP contribution is 2.41. The van der Waals surface area contributed by atoms with Crippen molar-refractivity contribution in [2.75, 3.05) is 19.0 Å². The molecule has 33 heavy (non-hydrogen) atoms. The Morgan fingerprint density at radius 3 is 2.15 bits per heavy atom. The van der Waals surface area contributed by atoms with E-state index in [1.807, 2.05) is 74.5 Å². The van der Waals surface area contributed by atoms with Crippen LogP contribution in [0.2, 0.25) is 0 Å². The molecule has 2 aromatic carbocycles. The van der Waals surface area contributed by atoms with Crippen LogP contribution in [0, 0.1) is 5.41 Å².